The van der Waals surface area contributed by atoms with E-state index >= 15 is 0 Å². The third-order valence-electron chi connectivity index (χ3n) is 2.97. The van der Waals surface area contributed by atoms with Gasteiger partial charge in [0.15, 0.2) is 0 Å². The first-order valence-corrected chi connectivity index (χ1v) is 6.65. The predicted octanol–water partition coefficient (Wildman–Crippen LogP) is 3.30. The second-order valence-corrected chi connectivity index (χ2v) is 5.39. The van der Waals surface area contributed by atoms with Crippen molar-refractivity contribution in [2.75, 3.05) is 5.73 Å². The lowest BCUT2D eigenvalue weighted by atomic mass is 10.1. The van der Waals surface area contributed by atoms with E-state index in [0.717, 1.165) is 15.1 Å². The first-order chi connectivity index (χ1) is 8.00. The zero-order valence-electron chi connectivity index (χ0n) is 10.2. The minimum absolute atomic E-state index is 0.165. The molecule has 0 saturated carbocycles. The van der Waals surface area contributed by atoms with Crippen molar-refractivity contribution in [1.82, 2.24) is 9.78 Å². The Labute approximate surface area is 115 Å². The standard InChI is InChI=1S/C13H16IN3/c1-8-4-6-11(7-5-8)10(3)17-13(15)12(14)9(2)16-17/h4-7,10H,15H2,1-3H3. The zero-order chi connectivity index (χ0) is 12.6. The number of anilines is 1. The van der Waals surface area contributed by atoms with Crippen LogP contribution in [0.1, 0.15) is 29.8 Å². The summed E-state index contributed by atoms with van der Waals surface area (Å²) < 4.78 is 2.93. The maximum absolute atomic E-state index is 6.06. The Morgan fingerprint density at radius 2 is 1.82 bits per heavy atom. The van der Waals surface area contributed by atoms with E-state index in [2.05, 4.69) is 65.8 Å². The Bertz CT molecular complexity index is 528. The molecule has 0 radical (unpaired) electrons. The largest absolute Gasteiger partial charge is 0.383 e. The molecule has 1 heterocycles. The molecule has 90 valence electrons. The van der Waals surface area contributed by atoms with Crippen LogP contribution in [0.25, 0.3) is 0 Å². The highest BCUT2D eigenvalue weighted by molar-refractivity contribution is 14.1. The van der Waals surface area contributed by atoms with Gasteiger partial charge >= 0.3 is 0 Å². The summed E-state index contributed by atoms with van der Waals surface area (Å²) in [6, 6.07) is 8.65. The van der Waals surface area contributed by atoms with Crippen LogP contribution in [0, 0.1) is 17.4 Å². The van der Waals surface area contributed by atoms with Gasteiger partial charge in [0.1, 0.15) is 5.82 Å². The third kappa shape index (κ3) is 2.31. The number of aromatic nitrogens is 2. The molecule has 1 aromatic carbocycles. The molecular formula is C13H16IN3. The molecule has 0 aliphatic heterocycles. The van der Waals surface area contributed by atoms with E-state index in [1.54, 1.807) is 0 Å². The van der Waals surface area contributed by atoms with Crippen LogP contribution in [0.15, 0.2) is 24.3 Å². The summed E-state index contributed by atoms with van der Waals surface area (Å²) in [6.07, 6.45) is 0. The Morgan fingerprint density at radius 3 is 2.29 bits per heavy atom. The molecule has 1 unspecified atom stereocenters. The van der Waals surface area contributed by atoms with E-state index in [-0.39, 0.29) is 6.04 Å². The number of hydrogen-bond donors (Lipinski definition) is 1. The monoisotopic (exact) mass is 341 g/mol. The average molecular weight is 341 g/mol. The normalized spacial score (nSPS) is 12.7. The topological polar surface area (TPSA) is 43.8 Å². The average Bonchev–Trinajstić information content (AvgIpc) is 2.57. The lowest BCUT2D eigenvalue weighted by Crippen LogP contribution is -2.11. The van der Waals surface area contributed by atoms with Gasteiger partial charge in [-0.15, -0.1) is 0 Å². The number of benzene rings is 1. The van der Waals surface area contributed by atoms with Crippen molar-refractivity contribution in [2.45, 2.75) is 26.8 Å². The molecule has 2 N–H and O–H groups in total. The molecule has 17 heavy (non-hydrogen) atoms. The zero-order valence-corrected chi connectivity index (χ0v) is 12.4. The van der Waals surface area contributed by atoms with E-state index in [1.165, 1.54) is 11.1 Å². The van der Waals surface area contributed by atoms with E-state index in [0.29, 0.717) is 0 Å². The van der Waals surface area contributed by atoms with Crippen LogP contribution in [0.2, 0.25) is 0 Å². The van der Waals surface area contributed by atoms with E-state index in [4.69, 9.17) is 5.73 Å². The van der Waals surface area contributed by atoms with Gasteiger partial charge in [0.2, 0.25) is 0 Å². The van der Waals surface area contributed by atoms with Gasteiger partial charge in [0.05, 0.1) is 15.3 Å². The summed E-state index contributed by atoms with van der Waals surface area (Å²) in [7, 11) is 0. The van der Waals surface area contributed by atoms with Crippen LogP contribution in [-0.2, 0) is 0 Å². The Morgan fingerprint density at radius 1 is 1.24 bits per heavy atom. The van der Waals surface area contributed by atoms with E-state index in [1.807, 2.05) is 11.6 Å². The van der Waals surface area contributed by atoms with Crippen LogP contribution in [0.4, 0.5) is 5.82 Å². The van der Waals surface area contributed by atoms with Crippen LogP contribution in [0.5, 0.6) is 0 Å². The number of hydrogen-bond acceptors (Lipinski definition) is 2. The Kier molecular flexibility index (Phi) is 3.42. The van der Waals surface area contributed by atoms with Gasteiger partial charge in [-0.1, -0.05) is 29.8 Å². The molecule has 2 rings (SSSR count). The maximum Gasteiger partial charge on any atom is 0.136 e. The fourth-order valence-electron chi connectivity index (χ4n) is 1.83. The lowest BCUT2D eigenvalue weighted by Gasteiger charge is -2.14. The number of nitrogen functional groups attached to an aromatic ring is 1. The fourth-order valence-corrected chi connectivity index (χ4v) is 2.18. The predicted molar refractivity (Wildman–Crippen MR) is 79.1 cm³/mol. The van der Waals surface area contributed by atoms with Crippen LogP contribution < -0.4 is 5.73 Å². The minimum Gasteiger partial charge on any atom is -0.383 e. The first-order valence-electron chi connectivity index (χ1n) is 5.57. The summed E-state index contributed by atoms with van der Waals surface area (Å²) in [5.41, 5.74) is 9.54. The van der Waals surface area contributed by atoms with Gasteiger partial charge in [-0.05, 0) is 48.9 Å². The second kappa shape index (κ2) is 4.68. The summed E-state index contributed by atoms with van der Waals surface area (Å²) in [5, 5.41) is 4.49. The summed E-state index contributed by atoms with van der Waals surface area (Å²) >= 11 is 2.24. The van der Waals surface area contributed by atoms with Crippen molar-refractivity contribution in [1.29, 1.82) is 0 Å². The highest BCUT2D eigenvalue weighted by Gasteiger charge is 2.15. The third-order valence-corrected chi connectivity index (χ3v) is 4.31. The maximum atomic E-state index is 6.06. The minimum atomic E-state index is 0.165. The molecule has 0 amide bonds. The highest BCUT2D eigenvalue weighted by Crippen LogP contribution is 2.25. The molecule has 4 heteroatoms. The highest BCUT2D eigenvalue weighted by atomic mass is 127. The SMILES string of the molecule is Cc1ccc(C(C)n2nc(C)c(I)c2N)cc1. The van der Waals surface area contributed by atoms with Crippen molar-refractivity contribution >= 4 is 28.4 Å². The molecule has 2 aromatic rings. The summed E-state index contributed by atoms with van der Waals surface area (Å²) in [6.45, 7) is 6.18. The molecule has 3 nitrogen and oxygen atoms in total. The lowest BCUT2D eigenvalue weighted by molar-refractivity contribution is 0.569. The number of nitrogens with zero attached hydrogens (tertiary/aromatic N) is 2. The number of aryl methyl sites for hydroxylation is 2. The molecule has 1 atom stereocenters. The summed E-state index contributed by atoms with van der Waals surface area (Å²) in [5.74, 6) is 0.746. The van der Waals surface area contributed by atoms with E-state index < -0.39 is 0 Å². The quantitative estimate of drug-likeness (QED) is 0.852. The molecule has 1 aromatic heterocycles. The van der Waals surface area contributed by atoms with Crippen LogP contribution in [0.3, 0.4) is 0 Å². The molecule has 0 aliphatic rings. The molecular weight excluding hydrogens is 325 g/mol. The Hall–Kier alpha value is -1.04. The number of halogens is 1. The fraction of sp³-hybridized carbons (Fsp3) is 0.308. The van der Waals surface area contributed by atoms with Crippen molar-refractivity contribution in [2.24, 2.45) is 0 Å². The van der Waals surface area contributed by atoms with Gasteiger partial charge < -0.3 is 5.73 Å². The smallest absolute Gasteiger partial charge is 0.136 e. The number of nitrogens with two attached hydrogens (primary N) is 1. The van der Waals surface area contributed by atoms with Crippen molar-refractivity contribution in [3.05, 3.63) is 44.7 Å². The molecule has 0 bridgehead atoms. The van der Waals surface area contributed by atoms with Gasteiger partial charge in [0, 0.05) is 0 Å². The van der Waals surface area contributed by atoms with Crippen LogP contribution in [-0.4, -0.2) is 9.78 Å². The summed E-state index contributed by atoms with van der Waals surface area (Å²) in [4.78, 5) is 0. The second-order valence-electron chi connectivity index (χ2n) is 4.32. The molecule has 0 spiro atoms. The Balaban J connectivity index is 2.40. The van der Waals surface area contributed by atoms with Gasteiger partial charge in [-0.25, -0.2) is 4.68 Å². The van der Waals surface area contributed by atoms with Gasteiger partial charge in [-0.2, -0.15) is 5.10 Å². The van der Waals surface area contributed by atoms with Gasteiger partial charge in [-0.3, -0.25) is 0 Å². The molecule has 0 aliphatic carbocycles. The molecule has 0 saturated heterocycles. The molecule has 0 fully saturated rings. The first kappa shape index (κ1) is 12.4. The van der Waals surface area contributed by atoms with Crippen molar-refractivity contribution in [3.8, 4) is 0 Å². The van der Waals surface area contributed by atoms with Crippen LogP contribution >= 0.6 is 22.6 Å². The van der Waals surface area contributed by atoms with Gasteiger partial charge in [0.25, 0.3) is 0 Å². The van der Waals surface area contributed by atoms with E-state index in [9.17, 15) is 0 Å². The van der Waals surface area contributed by atoms with Crippen molar-refractivity contribution in [3.63, 3.8) is 0 Å². The van der Waals surface area contributed by atoms with Crippen molar-refractivity contribution < 1.29 is 0 Å². The number of rotatable bonds is 2.